The SMILES string of the molecule is Cc1ccccc1N(C(=O)C(C)C)[C@@H]1C=CS(=O)(=O)C1. The highest BCUT2D eigenvalue weighted by molar-refractivity contribution is 7.94. The molecule has 2 rings (SSSR count). The van der Waals surface area contributed by atoms with E-state index in [1.165, 1.54) is 5.41 Å². The van der Waals surface area contributed by atoms with Crippen LogP contribution in [0.3, 0.4) is 0 Å². The summed E-state index contributed by atoms with van der Waals surface area (Å²) in [6.07, 6.45) is 1.60. The summed E-state index contributed by atoms with van der Waals surface area (Å²) in [6.45, 7) is 5.56. The summed E-state index contributed by atoms with van der Waals surface area (Å²) < 4.78 is 23.3. The molecule has 1 heterocycles. The lowest BCUT2D eigenvalue weighted by atomic mass is 10.1. The van der Waals surface area contributed by atoms with Crippen LogP contribution in [0.25, 0.3) is 0 Å². The predicted octanol–water partition coefficient (Wildman–Crippen LogP) is 2.29. The van der Waals surface area contributed by atoms with Gasteiger partial charge in [0.15, 0.2) is 9.84 Å². The summed E-state index contributed by atoms with van der Waals surface area (Å²) in [5.41, 5.74) is 1.73. The highest BCUT2D eigenvalue weighted by Gasteiger charge is 2.32. The van der Waals surface area contributed by atoms with E-state index in [-0.39, 0.29) is 17.6 Å². The molecule has 0 saturated heterocycles. The lowest BCUT2D eigenvalue weighted by Crippen LogP contribution is -2.43. The fraction of sp³-hybridized carbons (Fsp3) is 0.400. The van der Waals surface area contributed by atoms with Crippen LogP contribution in [0, 0.1) is 12.8 Å². The van der Waals surface area contributed by atoms with Gasteiger partial charge >= 0.3 is 0 Å². The Morgan fingerprint density at radius 3 is 2.45 bits per heavy atom. The van der Waals surface area contributed by atoms with Crippen LogP contribution in [0.1, 0.15) is 19.4 Å². The third-order valence-corrected chi connectivity index (χ3v) is 4.73. The Morgan fingerprint density at radius 1 is 1.30 bits per heavy atom. The molecule has 0 saturated carbocycles. The van der Waals surface area contributed by atoms with Crippen LogP contribution in [-0.4, -0.2) is 26.1 Å². The summed E-state index contributed by atoms with van der Waals surface area (Å²) >= 11 is 0. The zero-order valence-electron chi connectivity index (χ0n) is 11.9. The van der Waals surface area contributed by atoms with E-state index in [1.54, 1.807) is 11.0 Å². The number of rotatable bonds is 3. The molecule has 0 aliphatic carbocycles. The number of hydrogen-bond donors (Lipinski definition) is 0. The maximum Gasteiger partial charge on any atom is 0.230 e. The fourth-order valence-electron chi connectivity index (χ4n) is 2.29. The number of para-hydroxylation sites is 1. The second kappa shape index (κ2) is 5.40. The highest BCUT2D eigenvalue weighted by atomic mass is 32.2. The molecule has 0 bridgehead atoms. The molecule has 5 heteroatoms. The molecule has 20 heavy (non-hydrogen) atoms. The van der Waals surface area contributed by atoms with Crippen molar-refractivity contribution in [1.29, 1.82) is 0 Å². The van der Waals surface area contributed by atoms with Crippen LogP contribution in [0.5, 0.6) is 0 Å². The molecular formula is C15H19NO3S. The molecule has 0 fully saturated rings. The minimum Gasteiger partial charge on any atom is -0.304 e. The van der Waals surface area contributed by atoms with Crippen LogP contribution < -0.4 is 4.90 Å². The van der Waals surface area contributed by atoms with Gasteiger partial charge in [0.25, 0.3) is 0 Å². The molecule has 0 spiro atoms. The zero-order valence-corrected chi connectivity index (χ0v) is 12.7. The van der Waals surface area contributed by atoms with Gasteiger partial charge in [-0.3, -0.25) is 4.79 Å². The van der Waals surface area contributed by atoms with Crippen LogP contribution in [0.2, 0.25) is 0 Å². The first-order chi connectivity index (χ1) is 9.32. The first kappa shape index (κ1) is 14.8. The van der Waals surface area contributed by atoms with Crippen LogP contribution in [-0.2, 0) is 14.6 Å². The predicted molar refractivity (Wildman–Crippen MR) is 80.2 cm³/mol. The van der Waals surface area contributed by atoms with Gasteiger partial charge in [-0.05, 0) is 24.6 Å². The minimum absolute atomic E-state index is 0.0419. The summed E-state index contributed by atoms with van der Waals surface area (Å²) in [4.78, 5) is 14.1. The zero-order chi connectivity index (χ0) is 14.9. The van der Waals surface area contributed by atoms with Crippen LogP contribution in [0.15, 0.2) is 35.7 Å². The maximum absolute atomic E-state index is 12.5. The van der Waals surface area contributed by atoms with Gasteiger partial charge in [-0.15, -0.1) is 0 Å². The normalized spacial score (nSPS) is 20.3. The molecular weight excluding hydrogens is 274 g/mol. The van der Waals surface area contributed by atoms with E-state index in [9.17, 15) is 13.2 Å². The molecule has 1 amide bonds. The molecule has 0 aromatic heterocycles. The molecule has 0 unspecified atom stereocenters. The Morgan fingerprint density at radius 2 is 1.95 bits per heavy atom. The Kier molecular flexibility index (Phi) is 3.99. The van der Waals surface area contributed by atoms with Crippen molar-refractivity contribution in [2.24, 2.45) is 5.92 Å². The second-order valence-corrected chi connectivity index (χ2v) is 7.31. The largest absolute Gasteiger partial charge is 0.304 e. The Balaban J connectivity index is 2.45. The van der Waals surface area contributed by atoms with Crippen molar-refractivity contribution in [3.05, 3.63) is 41.3 Å². The highest BCUT2D eigenvalue weighted by Crippen LogP contribution is 2.27. The average molecular weight is 293 g/mol. The first-order valence-electron chi connectivity index (χ1n) is 6.61. The maximum atomic E-state index is 12.5. The monoisotopic (exact) mass is 293 g/mol. The van der Waals surface area contributed by atoms with E-state index in [2.05, 4.69) is 0 Å². The second-order valence-electron chi connectivity index (χ2n) is 5.37. The molecule has 1 atom stereocenters. The molecule has 1 aliphatic heterocycles. The first-order valence-corrected chi connectivity index (χ1v) is 8.33. The van der Waals surface area contributed by atoms with Gasteiger partial charge in [0.1, 0.15) is 0 Å². The third kappa shape index (κ3) is 2.93. The van der Waals surface area contributed by atoms with Gasteiger partial charge in [-0.1, -0.05) is 32.0 Å². The molecule has 1 aromatic rings. The number of anilines is 1. The van der Waals surface area contributed by atoms with Gasteiger partial charge in [-0.25, -0.2) is 8.42 Å². The number of carbonyl (C=O) groups is 1. The Hall–Kier alpha value is -1.62. The van der Waals surface area contributed by atoms with Crippen molar-refractivity contribution < 1.29 is 13.2 Å². The van der Waals surface area contributed by atoms with Crippen molar-refractivity contribution in [2.75, 3.05) is 10.7 Å². The van der Waals surface area contributed by atoms with E-state index in [0.29, 0.717) is 0 Å². The van der Waals surface area contributed by atoms with Gasteiger partial charge in [0.05, 0.1) is 11.8 Å². The van der Waals surface area contributed by atoms with Crippen molar-refractivity contribution in [3.63, 3.8) is 0 Å². The summed E-state index contributed by atoms with van der Waals surface area (Å²) in [6, 6.07) is 7.11. The van der Waals surface area contributed by atoms with Gasteiger partial charge < -0.3 is 4.90 Å². The number of carbonyl (C=O) groups excluding carboxylic acids is 1. The van der Waals surface area contributed by atoms with Crippen molar-refractivity contribution in [1.82, 2.24) is 0 Å². The number of hydrogen-bond acceptors (Lipinski definition) is 3. The summed E-state index contributed by atoms with van der Waals surface area (Å²) in [5.74, 6) is -0.294. The molecule has 4 nitrogen and oxygen atoms in total. The molecule has 0 radical (unpaired) electrons. The molecule has 1 aromatic carbocycles. The molecule has 108 valence electrons. The van der Waals surface area contributed by atoms with E-state index in [4.69, 9.17) is 0 Å². The van der Waals surface area contributed by atoms with Gasteiger partial charge in [0.2, 0.25) is 5.91 Å². The molecule has 1 aliphatic rings. The van der Waals surface area contributed by atoms with E-state index in [1.807, 2.05) is 45.0 Å². The minimum atomic E-state index is -3.19. The fourth-order valence-corrected chi connectivity index (χ4v) is 3.56. The van der Waals surface area contributed by atoms with Gasteiger partial charge in [-0.2, -0.15) is 0 Å². The van der Waals surface area contributed by atoms with Crippen LogP contribution in [0.4, 0.5) is 5.69 Å². The van der Waals surface area contributed by atoms with Gasteiger partial charge in [0, 0.05) is 17.0 Å². The van der Waals surface area contributed by atoms with Crippen molar-refractivity contribution in [2.45, 2.75) is 26.8 Å². The van der Waals surface area contributed by atoms with E-state index >= 15 is 0 Å². The topological polar surface area (TPSA) is 54.5 Å². The van der Waals surface area contributed by atoms with E-state index < -0.39 is 15.9 Å². The van der Waals surface area contributed by atoms with Crippen LogP contribution >= 0.6 is 0 Å². The molecule has 0 N–H and O–H groups in total. The Labute approximate surface area is 120 Å². The summed E-state index contributed by atoms with van der Waals surface area (Å²) in [7, 11) is -3.19. The third-order valence-electron chi connectivity index (χ3n) is 3.35. The number of nitrogens with zero attached hydrogens (tertiary/aromatic N) is 1. The number of sulfone groups is 1. The lowest BCUT2D eigenvalue weighted by molar-refractivity contribution is -0.121. The van der Waals surface area contributed by atoms with Crippen molar-refractivity contribution in [3.8, 4) is 0 Å². The number of aryl methyl sites for hydroxylation is 1. The smallest absolute Gasteiger partial charge is 0.230 e. The Bertz CT molecular complexity index is 647. The average Bonchev–Trinajstić information content (AvgIpc) is 2.72. The quantitative estimate of drug-likeness (QED) is 0.859. The number of benzene rings is 1. The van der Waals surface area contributed by atoms with Crippen molar-refractivity contribution >= 4 is 21.4 Å². The van der Waals surface area contributed by atoms with E-state index in [0.717, 1.165) is 11.3 Å². The summed E-state index contributed by atoms with van der Waals surface area (Å²) in [5, 5.41) is 1.20. The lowest BCUT2D eigenvalue weighted by Gasteiger charge is -2.30. The standard InChI is InChI=1S/C15H19NO3S/c1-11(2)15(17)16(13-8-9-20(18,19)10-13)14-7-5-4-6-12(14)3/h4-9,11,13H,10H2,1-3H3/t13-/m1/s1. The number of amides is 1.